The molecule has 0 saturated carbocycles. The number of aromatic nitrogens is 1. The summed E-state index contributed by atoms with van der Waals surface area (Å²) in [5, 5.41) is 4.84. The van der Waals surface area contributed by atoms with Gasteiger partial charge in [-0.1, -0.05) is 13.0 Å². The number of anilines is 2. The lowest BCUT2D eigenvalue weighted by Gasteiger charge is -2.13. The smallest absolute Gasteiger partial charge is 0.262 e. The maximum Gasteiger partial charge on any atom is 0.262 e. The summed E-state index contributed by atoms with van der Waals surface area (Å²) in [6.07, 6.45) is 1.10. The molecule has 8 heteroatoms. The normalized spacial score (nSPS) is 12.7. The highest BCUT2D eigenvalue weighted by atomic mass is 16.2. The number of carbonyl (C=O) groups is 3. The summed E-state index contributed by atoms with van der Waals surface area (Å²) in [6.45, 7) is 1.90. The van der Waals surface area contributed by atoms with Gasteiger partial charge in [-0.25, -0.2) is 0 Å². The lowest BCUT2D eigenvalue weighted by molar-refractivity contribution is -0.116. The van der Waals surface area contributed by atoms with Gasteiger partial charge in [-0.2, -0.15) is 0 Å². The predicted molar refractivity (Wildman–Crippen MR) is 91.8 cm³/mol. The molecule has 0 unspecified atom stereocenters. The minimum atomic E-state index is -0.642. The maximum atomic E-state index is 12.4. The number of benzene rings is 1. The highest BCUT2D eigenvalue weighted by Gasteiger charge is 2.31. The third-order valence-electron chi connectivity index (χ3n) is 3.82. The van der Waals surface area contributed by atoms with E-state index in [0.29, 0.717) is 24.2 Å². The molecule has 2 aromatic rings. The summed E-state index contributed by atoms with van der Waals surface area (Å²) in [5.74, 6) is -1.54. The summed E-state index contributed by atoms with van der Waals surface area (Å²) >= 11 is 0. The highest BCUT2D eigenvalue weighted by Crippen LogP contribution is 2.24. The molecule has 0 fully saturated rings. The standard InChI is InChI=1S/C17H16N4O4/c1-2-4-12(22)19-9-5-3-6-10(7-9)21-13(23)8-11-14(15(21)18)17(25)20-16(11)24/h3,5-8H,2,4,18H2,1H3,(H,19,22)(H,20,24,25). The molecule has 0 atom stereocenters. The van der Waals surface area contributed by atoms with E-state index in [2.05, 4.69) is 10.6 Å². The Balaban J connectivity index is 2.08. The molecule has 1 aliphatic rings. The second kappa shape index (κ2) is 6.23. The van der Waals surface area contributed by atoms with Gasteiger partial charge in [0.05, 0.1) is 16.8 Å². The molecule has 3 amide bonds. The van der Waals surface area contributed by atoms with E-state index in [0.717, 1.165) is 10.6 Å². The fourth-order valence-electron chi connectivity index (χ4n) is 2.72. The molecule has 2 heterocycles. The first-order valence-corrected chi connectivity index (χ1v) is 7.74. The predicted octanol–water partition coefficient (Wildman–Crippen LogP) is 1.04. The van der Waals surface area contributed by atoms with Crippen molar-refractivity contribution >= 4 is 29.2 Å². The largest absolute Gasteiger partial charge is 0.384 e. The first kappa shape index (κ1) is 16.4. The molecule has 0 bridgehead atoms. The number of amides is 3. The second-order valence-electron chi connectivity index (χ2n) is 5.62. The number of nitrogens with zero attached hydrogens (tertiary/aromatic N) is 1. The van der Waals surface area contributed by atoms with E-state index in [1.807, 2.05) is 6.92 Å². The molecule has 4 N–H and O–H groups in total. The first-order valence-electron chi connectivity index (χ1n) is 7.74. The topological polar surface area (TPSA) is 123 Å². The number of nitrogens with two attached hydrogens (primary N) is 1. The van der Waals surface area contributed by atoms with Gasteiger partial charge in [-0.05, 0) is 24.6 Å². The van der Waals surface area contributed by atoms with Crippen molar-refractivity contribution in [2.45, 2.75) is 19.8 Å². The van der Waals surface area contributed by atoms with E-state index in [1.54, 1.807) is 24.3 Å². The number of nitrogens with one attached hydrogen (secondary N) is 2. The molecule has 0 radical (unpaired) electrons. The number of hydrogen-bond donors (Lipinski definition) is 3. The first-order chi connectivity index (χ1) is 11.9. The Morgan fingerprint density at radius 3 is 2.68 bits per heavy atom. The van der Waals surface area contributed by atoms with Crippen LogP contribution < -0.4 is 21.9 Å². The summed E-state index contributed by atoms with van der Waals surface area (Å²) in [6, 6.07) is 7.61. The molecule has 128 valence electrons. The van der Waals surface area contributed by atoms with Gasteiger partial charge in [-0.15, -0.1) is 0 Å². The minimum absolute atomic E-state index is 0.0231. The third kappa shape index (κ3) is 2.89. The van der Waals surface area contributed by atoms with Crippen molar-refractivity contribution in [2.75, 3.05) is 11.1 Å². The molecule has 1 aromatic carbocycles. The van der Waals surface area contributed by atoms with Gasteiger partial charge in [0.2, 0.25) is 5.91 Å². The SMILES string of the molecule is CCCC(=O)Nc1cccc(-n2c(N)c3c(cc2=O)C(=O)NC3=O)c1. The molecule has 8 nitrogen and oxygen atoms in total. The Morgan fingerprint density at radius 1 is 1.20 bits per heavy atom. The van der Waals surface area contributed by atoms with E-state index in [9.17, 15) is 19.2 Å². The quantitative estimate of drug-likeness (QED) is 0.718. The number of imide groups is 1. The van der Waals surface area contributed by atoms with E-state index >= 15 is 0 Å². The van der Waals surface area contributed by atoms with E-state index < -0.39 is 17.4 Å². The molecule has 0 saturated heterocycles. The van der Waals surface area contributed by atoms with Gasteiger partial charge in [0.1, 0.15) is 5.82 Å². The highest BCUT2D eigenvalue weighted by molar-refractivity contribution is 6.23. The van der Waals surface area contributed by atoms with Crippen LogP contribution in [-0.4, -0.2) is 22.3 Å². The van der Waals surface area contributed by atoms with Gasteiger partial charge < -0.3 is 11.1 Å². The molecule has 0 aliphatic carbocycles. The zero-order valence-corrected chi connectivity index (χ0v) is 13.5. The van der Waals surface area contributed by atoms with Crippen molar-refractivity contribution in [3.63, 3.8) is 0 Å². The van der Waals surface area contributed by atoms with Crippen LogP contribution in [0.4, 0.5) is 11.5 Å². The molecule has 25 heavy (non-hydrogen) atoms. The average Bonchev–Trinajstić information content (AvgIpc) is 2.82. The lowest BCUT2D eigenvalue weighted by atomic mass is 10.1. The average molecular weight is 340 g/mol. The van der Waals surface area contributed by atoms with E-state index in [-0.39, 0.29) is 22.9 Å². The van der Waals surface area contributed by atoms with Crippen LogP contribution >= 0.6 is 0 Å². The van der Waals surface area contributed by atoms with Crippen molar-refractivity contribution in [3.8, 4) is 5.69 Å². The summed E-state index contributed by atoms with van der Waals surface area (Å²) < 4.78 is 1.13. The van der Waals surface area contributed by atoms with Crippen LogP contribution in [0.3, 0.4) is 0 Å². The Bertz CT molecular complexity index is 962. The number of hydrogen-bond acceptors (Lipinski definition) is 5. The van der Waals surface area contributed by atoms with Crippen LogP contribution in [0.1, 0.15) is 40.5 Å². The fourth-order valence-corrected chi connectivity index (χ4v) is 2.72. The van der Waals surface area contributed by atoms with Gasteiger partial charge >= 0.3 is 0 Å². The lowest BCUT2D eigenvalue weighted by Crippen LogP contribution is -2.24. The zero-order valence-electron chi connectivity index (χ0n) is 13.5. The molecular weight excluding hydrogens is 324 g/mol. The molecule has 0 spiro atoms. The second-order valence-corrected chi connectivity index (χ2v) is 5.62. The Kier molecular flexibility index (Phi) is 4.10. The Morgan fingerprint density at radius 2 is 1.96 bits per heavy atom. The van der Waals surface area contributed by atoms with Crippen LogP contribution in [0.5, 0.6) is 0 Å². The molecule has 1 aliphatic heterocycles. The minimum Gasteiger partial charge on any atom is -0.384 e. The molecule has 1 aromatic heterocycles. The molecular formula is C17H16N4O4. The van der Waals surface area contributed by atoms with Crippen molar-refractivity contribution in [1.82, 2.24) is 9.88 Å². The van der Waals surface area contributed by atoms with Crippen LogP contribution in [0.2, 0.25) is 0 Å². The van der Waals surface area contributed by atoms with Crippen LogP contribution in [0.15, 0.2) is 35.1 Å². The third-order valence-corrected chi connectivity index (χ3v) is 3.82. The monoisotopic (exact) mass is 340 g/mol. The number of carbonyl (C=O) groups excluding carboxylic acids is 3. The summed E-state index contributed by atoms with van der Waals surface area (Å²) in [5.41, 5.74) is 6.27. The summed E-state index contributed by atoms with van der Waals surface area (Å²) in [7, 11) is 0. The van der Waals surface area contributed by atoms with Gasteiger partial charge in [0.15, 0.2) is 0 Å². The molecule has 3 rings (SSSR count). The Labute approximate surface area is 142 Å². The van der Waals surface area contributed by atoms with Crippen LogP contribution in [0, 0.1) is 0 Å². The van der Waals surface area contributed by atoms with Gasteiger partial charge in [0.25, 0.3) is 17.4 Å². The van der Waals surface area contributed by atoms with Crippen molar-refractivity contribution in [3.05, 3.63) is 51.8 Å². The van der Waals surface area contributed by atoms with Crippen LogP contribution in [-0.2, 0) is 4.79 Å². The van der Waals surface area contributed by atoms with Crippen molar-refractivity contribution in [2.24, 2.45) is 0 Å². The Hall–Kier alpha value is -3.42. The number of fused-ring (bicyclic) bond motifs is 1. The number of rotatable bonds is 4. The van der Waals surface area contributed by atoms with Crippen molar-refractivity contribution < 1.29 is 14.4 Å². The van der Waals surface area contributed by atoms with Gasteiger partial charge in [0, 0.05) is 18.2 Å². The zero-order chi connectivity index (χ0) is 18.1. The van der Waals surface area contributed by atoms with Gasteiger partial charge in [-0.3, -0.25) is 29.1 Å². The fraction of sp³-hybridized carbons (Fsp3) is 0.176. The van der Waals surface area contributed by atoms with E-state index in [1.165, 1.54) is 0 Å². The van der Waals surface area contributed by atoms with Crippen molar-refractivity contribution in [1.29, 1.82) is 0 Å². The van der Waals surface area contributed by atoms with Crippen LogP contribution in [0.25, 0.3) is 5.69 Å². The summed E-state index contributed by atoms with van der Waals surface area (Å²) in [4.78, 5) is 47.7. The number of pyridine rings is 1. The number of nitrogen functional groups attached to an aromatic ring is 1. The maximum absolute atomic E-state index is 12.4. The van der Waals surface area contributed by atoms with E-state index in [4.69, 9.17) is 5.73 Å².